The Morgan fingerprint density at radius 3 is 2.30 bits per heavy atom. The number of rotatable bonds is 3. The summed E-state index contributed by atoms with van der Waals surface area (Å²) < 4.78 is 0. The SMILES string of the molecule is Cc1ccnc(C(N)Cc2ccc(C(C)(C)C)cc2)c1. The second-order valence-electron chi connectivity index (χ2n) is 6.52. The average molecular weight is 268 g/mol. The molecule has 0 bridgehead atoms. The van der Waals surface area contributed by atoms with E-state index in [1.165, 1.54) is 16.7 Å². The third-order valence-corrected chi connectivity index (χ3v) is 3.59. The van der Waals surface area contributed by atoms with E-state index in [-0.39, 0.29) is 11.5 Å². The molecule has 1 aromatic carbocycles. The fourth-order valence-corrected chi connectivity index (χ4v) is 2.26. The number of nitrogens with zero attached hydrogens (tertiary/aromatic N) is 1. The first-order valence-corrected chi connectivity index (χ1v) is 7.14. The molecule has 2 heteroatoms. The minimum absolute atomic E-state index is 0.0459. The van der Waals surface area contributed by atoms with E-state index in [9.17, 15) is 0 Å². The van der Waals surface area contributed by atoms with Crippen LogP contribution in [0.1, 0.15) is 49.2 Å². The lowest BCUT2D eigenvalue weighted by atomic mass is 9.86. The topological polar surface area (TPSA) is 38.9 Å². The van der Waals surface area contributed by atoms with Gasteiger partial charge in [-0.1, -0.05) is 45.0 Å². The Morgan fingerprint density at radius 2 is 1.75 bits per heavy atom. The number of hydrogen-bond acceptors (Lipinski definition) is 2. The van der Waals surface area contributed by atoms with Crippen LogP contribution in [0.5, 0.6) is 0 Å². The highest BCUT2D eigenvalue weighted by molar-refractivity contribution is 5.29. The maximum atomic E-state index is 6.26. The molecule has 0 aliphatic heterocycles. The van der Waals surface area contributed by atoms with Gasteiger partial charge in [-0.25, -0.2) is 0 Å². The molecule has 2 N–H and O–H groups in total. The molecule has 106 valence electrons. The highest BCUT2D eigenvalue weighted by Gasteiger charge is 2.14. The summed E-state index contributed by atoms with van der Waals surface area (Å²) in [6, 6.07) is 12.8. The van der Waals surface area contributed by atoms with Gasteiger partial charge >= 0.3 is 0 Å². The molecular formula is C18H24N2. The Morgan fingerprint density at radius 1 is 1.10 bits per heavy atom. The predicted octanol–water partition coefficient (Wildman–Crippen LogP) is 3.93. The Kier molecular flexibility index (Phi) is 4.24. The van der Waals surface area contributed by atoms with Gasteiger partial charge in [0.05, 0.1) is 11.7 Å². The zero-order valence-electron chi connectivity index (χ0n) is 12.9. The van der Waals surface area contributed by atoms with Gasteiger partial charge in [0.2, 0.25) is 0 Å². The summed E-state index contributed by atoms with van der Waals surface area (Å²) in [5, 5.41) is 0. The zero-order valence-corrected chi connectivity index (χ0v) is 12.9. The number of aromatic nitrogens is 1. The first kappa shape index (κ1) is 14.7. The zero-order chi connectivity index (χ0) is 14.8. The van der Waals surface area contributed by atoms with Crippen LogP contribution >= 0.6 is 0 Å². The van der Waals surface area contributed by atoms with E-state index in [1.54, 1.807) is 0 Å². The van der Waals surface area contributed by atoms with Crippen molar-refractivity contribution < 1.29 is 0 Å². The van der Waals surface area contributed by atoms with Gasteiger partial charge < -0.3 is 5.73 Å². The van der Waals surface area contributed by atoms with Crippen molar-refractivity contribution in [1.29, 1.82) is 0 Å². The first-order chi connectivity index (χ1) is 9.36. The van der Waals surface area contributed by atoms with Crippen molar-refractivity contribution in [3.63, 3.8) is 0 Å². The quantitative estimate of drug-likeness (QED) is 0.916. The summed E-state index contributed by atoms with van der Waals surface area (Å²) in [7, 11) is 0. The summed E-state index contributed by atoms with van der Waals surface area (Å²) in [4.78, 5) is 4.37. The standard InChI is InChI=1S/C18H24N2/c1-13-9-10-20-17(11-13)16(19)12-14-5-7-15(8-6-14)18(2,3)4/h5-11,16H,12,19H2,1-4H3. The van der Waals surface area contributed by atoms with E-state index in [1.807, 2.05) is 12.3 Å². The molecule has 1 heterocycles. The van der Waals surface area contributed by atoms with Crippen LogP contribution < -0.4 is 5.73 Å². The maximum Gasteiger partial charge on any atom is 0.0577 e. The first-order valence-electron chi connectivity index (χ1n) is 7.14. The fraction of sp³-hybridized carbons (Fsp3) is 0.389. The van der Waals surface area contributed by atoms with Crippen molar-refractivity contribution in [3.05, 3.63) is 65.0 Å². The lowest BCUT2D eigenvalue weighted by Gasteiger charge is -2.19. The molecule has 20 heavy (non-hydrogen) atoms. The fourth-order valence-electron chi connectivity index (χ4n) is 2.26. The van der Waals surface area contributed by atoms with Crippen LogP contribution in [0.25, 0.3) is 0 Å². The Balaban J connectivity index is 2.10. The molecule has 0 aliphatic rings. The largest absolute Gasteiger partial charge is 0.322 e. The molecule has 1 unspecified atom stereocenters. The van der Waals surface area contributed by atoms with E-state index in [4.69, 9.17) is 5.73 Å². The molecule has 0 fully saturated rings. The number of nitrogens with two attached hydrogens (primary N) is 1. The van der Waals surface area contributed by atoms with Crippen molar-refractivity contribution in [3.8, 4) is 0 Å². The number of aryl methyl sites for hydroxylation is 1. The molecule has 0 radical (unpaired) electrons. The van der Waals surface area contributed by atoms with Crippen LogP contribution in [0, 0.1) is 6.92 Å². The van der Waals surface area contributed by atoms with Crippen LogP contribution in [0.3, 0.4) is 0 Å². The molecule has 2 aromatic rings. The van der Waals surface area contributed by atoms with E-state index in [0.29, 0.717) is 0 Å². The molecule has 2 nitrogen and oxygen atoms in total. The summed E-state index contributed by atoms with van der Waals surface area (Å²) in [6.07, 6.45) is 2.65. The van der Waals surface area contributed by atoms with Gasteiger partial charge in [-0.3, -0.25) is 4.98 Å². The van der Waals surface area contributed by atoms with Crippen LogP contribution in [0.2, 0.25) is 0 Å². The number of pyridine rings is 1. The Labute approximate surface area is 122 Å². The van der Waals surface area contributed by atoms with Gasteiger partial charge in [-0.05, 0) is 47.6 Å². The maximum absolute atomic E-state index is 6.26. The molecule has 0 saturated carbocycles. The second-order valence-corrected chi connectivity index (χ2v) is 6.52. The molecule has 1 atom stereocenters. The normalized spacial score (nSPS) is 13.2. The van der Waals surface area contributed by atoms with Crippen molar-refractivity contribution in [2.24, 2.45) is 5.73 Å². The minimum atomic E-state index is -0.0459. The number of benzene rings is 1. The lowest BCUT2D eigenvalue weighted by Crippen LogP contribution is -2.15. The van der Waals surface area contributed by atoms with Gasteiger partial charge in [-0.2, -0.15) is 0 Å². The van der Waals surface area contributed by atoms with Crippen LogP contribution in [-0.4, -0.2) is 4.98 Å². The monoisotopic (exact) mass is 268 g/mol. The summed E-state index contributed by atoms with van der Waals surface area (Å²) in [5.74, 6) is 0. The summed E-state index contributed by atoms with van der Waals surface area (Å²) in [6.45, 7) is 8.75. The van der Waals surface area contributed by atoms with E-state index < -0.39 is 0 Å². The lowest BCUT2D eigenvalue weighted by molar-refractivity contribution is 0.589. The van der Waals surface area contributed by atoms with Crippen molar-refractivity contribution >= 4 is 0 Å². The van der Waals surface area contributed by atoms with Crippen LogP contribution in [0.4, 0.5) is 0 Å². The van der Waals surface area contributed by atoms with Gasteiger partial charge in [0.15, 0.2) is 0 Å². The molecule has 0 aliphatic carbocycles. The molecule has 0 amide bonds. The molecule has 2 rings (SSSR count). The van der Waals surface area contributed by atoms with E-state index in [2.05, 4.69) is 63.0 Å². The van der Waals surface area contributed by atoms with E-state index >= 15 is 0 Å². The van der Waals surface area contributed by atoms with Crippen LogP contribution in [-0.2, 0) is 11.8 Å². The van der Waals surface area contributed by atoms with Crippen molar-refractivity contribution in [2.45, 2.75) is 45.6 Å². The highest BCUT2D eigenvalue weighted by atomic mass is 14.8. The summed E-state index contributed by atoms with van der Waals surface area (Å²) in [5.41, 5.74) is 11.2. The van der Waals surface area contributed by atoms with Gasteiger partial charge in [-0.15, -0.1) is 0 Å². The highest BCUT2D eigenvalue weighted by Crippen LogP contribution is 2.23. The molecular weight excluding hydrogens is 244 g/mol. The Bertz CT molecular complexity index is 565. The molecule has 0 saturated heterocycles. The van der Waals surface area contributed by atoms with Crippen molar-refractivity contribution in [1.82, 2.24) is 4.98 Å². The van der Waals surface area contributed by atoms with Crippen LogP contribution in [0.15, 0.2) is 42.6 Å². The third kappa shape index (κ3) is 3.67. The smallest absolute Gasteiger partial charge is 0.0577 e. The molecule has 0 spiro atoms. The molecule has 1 aromatic heterocycles. The second kappa shape index (κ2) is 5.76. The van der Waals surface area contributed by atoms with Gasteiger partial charge in [0, 0.05) is 6.20 Å². The van der Waals surface area contributed by atoms with Crippen molar-refractivity contribution in [2.75, 3.05) is 0 Å². The Hall–Kier alpha value is -1.67. The average Bonchev–Trinajstić information content (AvgIpc) is 2.38. The number of hydrogen-bond donors (Lipinski definition) is 1. The van der Waals surface area contributed by atoms with E-state index in [0.717, 1.165) is 12.1 Å². The third-order valence-electron chi connectivity index (χ3n) is 3.59. The predicted molar refractivity (Wildman–Crippen MR) is 84.7 cm³/mol. The summed E-state index contributed by atoms with van der Waals surface area (Å²) >= 11 is 0. The van der Waals surface area contributed by atoms with Gasteiger partial charge in [0.25, 0.3) is 0 Å². The van der Waals surface area contributed by atoms with Gasteiger partial charge in [0.1, 0.15) is 0 Å². The minimum Gasteiger partial charge on any atom is -0.322 e.